The van der Waals surface area contributed by atoms with E-state index in [0.717, 1.165) is 6.42 Å². The molecule has 3 atom stereocenters. The van der Waals surface area contributed by atoms with Gasteiger partial charge in [0.15, 0.2) is 11.5 Å². The van der Waals surface area contributed by atoms with Crippen LogP contribution in [0.15, 0.2) is 41.8 Å². The minimum absolute atomic E-state index is 0.123. The monoisotopic (exact) mass is 395 g/mol. The van der Waals surface area contributed by atoms with Crippen LogP contribution in [-0.4, -0.2) is 49.9 Å². The highest BCUT2D eigenvalue weighted by atomic mass is 16.5. The Morgan fingerprint density at radius 1 is 1.34 bits per heavy atom. The summed E-state index contributed by atoms with van der Waals surface area (Å²) in [5.74, 6) is 0.676. The number of nitrogens with zero attached hydrogens (tertiary/aromatic N) is 7. The van der Waals surface area contributed by atoms with Gasteiger partial charge in [0.1, 0.15) is 11.7 Å². The molecule has 0 bridgehead atoms. The average Bonchev–Trinajstić information content (AvgIpc) is 3.32. The van der Waals surface area contributed by atoms with Crippen molar-refractivity contribution in [1.29, 1.82) is 0 Å². The molecule has 4 rings (SSSR count). The van der Waals surface area contributed by atoms with Crippen molar-refractivity contribution in [3.05, 3.63) is 52.7 Å². The summed E-state index contributed by atoms with van der Waals surface area (Å²) in [5, 5.41) is 16.6. The lowest BCUT2D eigenvalue weighted by Gasteiger charge is -2.16. The first-order chi connectivity index (χ1) is 14.2. The number of rotatable bonds is 7. The molecule has 0 radical (unpaired) electrons. The van der Waals surface area contributed by atoms with E-state index >= 15 is 0 Å². The molecule has 29 heavy (non-hydrogen) atoms. The van der Waals surface area contributed by atoms with Gasteiger partial charge >= 0.3 is 0 Å². The Bertz CT molecular complexity index is 1030. The van der Waals surface area contributed by atoms with Crippen LogP contribution < -0.4 is 11.1 Å². The third-order valence-corrected chi connectivity index (χ3v) is 4.89. The van der Waals surface area contributed by atoms with Gasteiger partial charge in [0.2, 0.25) is 5.95 Å². The number of azide groups is 1. The molecule has 2 aromatic heterocycles. The highest BCUT2D eigenvalue weighted by molar-refractivity contribution is 5.84. The second kappa shape index (κ2) is 8.31. The Morgan fingerprint density at radius 2 is 2.17 bits per heavy atom. The van der Waals surface area contributed by atoms with Gasteiger partial charge in [0, 0.05) is 17.9 Å². The molecule has 11 heteroatoms. The van der Waals surface area contributed by atoms with Crippen molar-refractivity contribution in [2.75, 3.05) is 24.2 Å². The zero-order valence-corrected chi connectivity index (χ0v) is 15.6. The fourth-order valence-electron chi connectivity index (χ4n) is 3.51. The topological polar surface area (TPSA) is 160 Å². The smallest absolute Gasteiger partial charge is 0.224 e. The van der Waals surface area contributed by atoms with Crippen LogP contribution in [0.2, 0.25) is 0 Å². The Kier molecular flexibility index (Phi) is 5.43. The summed E-state index contributed by atoms with van der Waals surface area (Å²) in [5.41, 5.74) is 16.9. The predicted molar refractivity (Wildman–Crippen MR) is 107 cm³/mol. The number of anilines is 2. The van der Waals surface area contributed by atoms with Crippen LogP contribution in [0.5, 0.6) is 0 Å². The SMILES string of the molecule is [N-]=[N+]=N[C@H]1C[C@H](n2cnc3nc(N)nc(NCCc4ccccc4)c32)O[C@@H]1CO. The molecule has 1 fully saturated rings. The number of aliphatic hydroxyl groups is 1. The van der Waals surface area contributed by atoms with E-state index < -0.39 is 18.4 Å². The van der Waals surface area contributed by atoms with E-state index in [9.17, 15) is 5.11 Å². The van der Waals surface area contributed by atoms with Crippen molar-refractivity contribution in [3.63, 3.8) is 0 Å². The summed E-state index contributed by atoms with van der Waals surface area (Å²) in [4.78, 5) is 15.7. The van der Waals surface area contributed by atoms with Gasteiger partial charge in [-0.3, -0.25) is 4.57 Å². The number of fused-ring (bicyclic) bond motifs is 1. The maximum atomic E-state index is 9.52. The van der Waals surface area contributed by atoms with Crippen molar-refractivity contribution in [2.24, 2.45) is 5.11 Å². The number of nitrogens with two attached hydrogens (primary N) is 1. The summed E-state index contributed by atoms with van der Waals surface area (Å²) in [6, 6.07) is 9.65. The van der Waals surface area contributed by atoms with Crippen LogP contribution in [0.3, 0.4) is 0 Å². The molecule has 0 amide bonds. The first-order valence-corrected chi connectivity index (χ1v) is 9.28. The molecule has 0 unspecified atom stereocenters. The first kappa shape index (κ1) is 18.9. The highest BCUT2D eigenvalue weighted by Crippen LogP contribution is 2.34. The number of ether oxygens (including phenoxy) is 1. The third-order valence-electron chi connectivity index (χ3n) is 4.89. The number of aliphatic hydroxyl groups excluding tert-OH is 1. The van der Waals surface area contributed by atoms with Crippen molar-refractivity contribution in [2.45, 2.75) is 31.2 Å². The van der Waals surface area contributed by atoms with E-state index in [2.05, 4.69) is 42.4 Å². The molecule has 11 nitrogen and oxygen atoms in total. The maximum absolute atomic E-state index is 9.52. The summed E-state index contributed by atoms with van der Waals surface area (Å²) in [6.07, 6.45) is 1.78. The minimum Gasteiger partial charge on any atom is -0.394 e. The van der Waals surface area contributed by atoms with Crippen molar-refractivity contribution in [3.8, 4) is 0 Å². The minimum atomic E-state index is -0.572. The van der Waals surface area contributed by atoms with E-state index in [1.807, 2.05) is 18.2 Å². The molecule has 1 aromatic carbocycles. The van der Waals surface area contributed by atoms with Gasteiger partial charge in [-0.1, -0.05) is 35.4 Å². The van der Waals surface area contributed by atoms with Gasteiger partial charge in [-0.05, 0) is 17.5 Å². The molecular formula is C18H21N9O2. The molecule has 1 aliphatic rings. The quantitative estimate of drug-likeness (QED) is 0.313. The molecule has 1 aliphatic heterocycles. The summed E-state index contributed by atoms with van der Waals surface area (Å²) in [6.45, 7) is 0.408. The zero-order chi connectivity index (χ0) is 20.2. The number of nitrogen functional groups attached to an aromatic ring is 1. The molecule has 0 spiro atoms. The Morgan fingerprint density at radius 3 is 2.93 bits per heavy atom. The fraction of sp³-hybridized carbons (Fsp3) is 0.389. The molecule has 0 aliphatic carbocycles. The van der Waals surface area contributed by atoms with Crippen LogP contribution in [0.1, 0.15) is 18.2 Å². The van der Waals surface area contributed by atoms with E-state index in [4.69, 9.17) is 16.0 Å². The Labute approximate surface area is 166 Å². The number of nitrogens with one attached hydrogen (secondary N) is 1. The van der Waals surface area contributed by atoms with E-state index in [-0.39, 0.29) is 12.6 Å². The second-order valence-electron chi connectivity index (χ2n) is 6.74. The Hall–Kier alpha value is -3.40. The summed E-state index contributed by atoms with van der Waals surface area (Å²) in [7, 11) is 0. The van der Waals surface area contributed by atoms with Gasteiger partial charge in [0.05, 0.1) is 25.1 Å². The van der Waals surface area contributed by atoms with Crippen molar-refractivity contribution >= 4 is 22.9 Å². The molecule has 0 saturated carbocycles. The van der Waals surface area contributed by atoms with E-state index in [1.165, 1.54) is 5.56 Å². The lowest BCUT2D eigenvalue weighted by molar-refractivity contribution is -0.0230. The third kappa shape index (κ3) is 3.92. The average molecular weight is 395 g/mol. The fourth-order valence-corrected chi connectivity index (χ4v) is 3.51. The largest absolute Gasteiger partial charge is 0.394 e. The van der Waals surface area contributed by atoms with Gasteiger partial charge in [-0.2, -0.15) is 9.97 Å². The van der Waals surface area contributed by atoms with Crippen LogP contribution in [0.4, 0.5) is 11.8 Å². The van der Waals surface area contributed by atoms with Crippen molar-refractivity contribution in [1.82, 2.24) is 19.5 Å². The highest BCUT2D eigenvalue weighted by Gasteiger charge is 2.36. The molecule has 1 saturated heterocycles. The lowest BCUT2D eigenvalue weighted by Crippen LogP contribution is -2.23. The Balaban J connectivity index is 1.60. The second-order valence-corrected chi connectivity index (χ2v) is 6.74. The summed E-state index contributed by atoms with van der Waals surface area (Å²) < 4.78 is 7.67. The molecule has 4 N–H and O–H groups in total. The first-order valence-electron chi connectivity index (χ1n) is 9.28. The predicted octanol–water partition coefficient (Wildman–Crippen LogP) is 2.02. The number of aromatic nitrogens is 4. The number of benzene rings is 1. The number of imidazole rings is 1. The van der Waals surface area contributed by atoms with Gasteiger partial charge < -0.3 is 20.9 Å². The van der Waals surface area contributed by atoms with E-state index in [1.54, 1.807) is 10.9 Å². The van der Waals surface area contributed by atoms with E-state index in [0.29, 0.717) is 29.9 Å². The van der Waals surface area contributed by atoms with Gasteiger partial charge in [-0.15, -0.1) is 0 Å². The van der Waals surface area contributed by atoms with Gasteiger partial charge in [-0.25, -0.2) is 4.98 Å². The van der Waals surface area contributed by atoms with Gasteiger partial charge in [0.25, 0.3) is 0 Å². The molecular weight excluding hydrogens is 374 g/mol. The van der Waals surface area contributed by atoms with Crippen LogP contribution in [-0.2, 0) is 11.2 Å². The molecule has 3 aromatic rings. The number of hydrogen-bond donors (Lipinski definition) is 3. The van der Waals surface area contributed by atoms with Crippen LogP contribution in [0.25, 0.3) is 21.6 Å². The number of hydrogen-bond acceptors (Lipinski definition) is 8. The normalized spacial score (nSPS) is 21.2. The molecule has 150 valence electrons. The standard InChI is InChI=1S/C18H21N9O2/c19-18-23-16(21-7-6-11-4-2-1-3-5-11)15-17(24-18)22-10-27(15)14-8-12(25-26-20)13(9-28)29-14/h1-5,10,12-14,28H,6-9H2,(H3,19,21,23,24)/t12-,13+,14+/m0/s1. The molecule has 3 heterocycles. The van der Waals surface area contributed by atoms with Crippen LogP contribution in [0, 0.1) is 0 Å². The van der Waals surface area contributed by atoms with Crippen LogP contribution >= 0.6 is 0 Å². The lowest BCUT2D eigenvalue weighted by atomic mass is 10.1. The maximum Gasteiger partial charge on any atom is 0.224 e. The summed E-state index contributed by atoms with van der Waals surface area (Å²) >= 11 is 0. The van der Waals surface area contributed by atoms with Crippen molar-refractivity contribution < 1.29 is 9.84 Å². The zero-order valence-electron chi connectivity index (χ0n) is 15.6.